The first kappa shape index (κ1) is 15.0. The molecule has 2 heterocycles. The van der Waals surface area contributed by atoms with Gasteiger partial charge in [0.1, 0.15) is 10.6 Å². The van der Waals surface area contributed by atoms with Crippen LogP contribution in [0, 0.1) is 0 Å². The molecule has 0 unspecified atom stereocenters. The Kier molecular flexibility index (Phi) is 4.42. The number of nitrogens with zero attached hydrogens (tertiary/aromatic N) is 2. The van der Waals surface area contributed by atoms with Crippen molar-refractivity contribution >= 4 is 16.9 Å². The molecular formula is C14H20N2O3S. The monoisotopic (exact) mass is 296 g/mol. The van der Waals surface area contributed by atoms with Gasteiger partial charge < -0.3 is 9.64 Å². The highest BCUT2D eigenvalue weighted by Gasteiger charge is 2.33. The Morgan fingerprint density at radius 2 is 2.20 bits per heavy atom. The van der Waals surface area contributed by atoms with Crippen molar-refractivity contribution in [1.82, 2.24) is 9.88 Å². The largest absolute Gasteiger partial charge is 0.444 e. The smallest absolute Gasteiger partial charge is 0.410 e. The van der Waals surface area contributed by atoms with Gasteiger partial charge in [0.05, 0.1) is 16.0 Å². The molecular weight excluding hydrogens is 276 g/mol. The maximum atomic E-state index is 12.4. The predicted octanol–water partition coefficient (Wildman–Crippen LogP) is 2.20. The Balaban J connectivity index is 1.96. The van der Waals surface area contributed by atoms with Crippen molar-refractivity contribution in [2.24, 2.45) is 0 Å². The molecule has 0 N–H and O–H groups in total. The van der Waals surface area contributed by atoms with Crippen LogP contribution in [0.25, 0.3) is 0 Å². The van der Waals surface area contributed by atoms with Crippen LogP contribution in [0.1, 0.15) is 27.2 Å². The molecule has 0 aliphatic carbocycles. The maximum absolute atomic E-state index is 12.4. The average molecular weight is 296 g/mol. The third-order valence-corrected chi connectivity index (χ3v) is 4.59. The topological polar surface area (TPSA) is 59.5 Å². The van der Waals surface area contributed by atoms with E-state index in [1.165, 1.54) is 0 Å². The van der Waals surface area contributed by atoms with Gasteiger partial charge in [0, 0.05) is 19.3 Å². The minimum Gasteiger partial charge on any atom is -0.444 e. The molecule has 1 aliphatic rings. The first-order valence-electron chi connectivity index (χ1n) is 6.66. The Morgan fingerprint density at radius 3 is 2.80 bits per heavy atom. The second-order valence-electron chi connectivity index (χ2n) is 5.80. The van der Waals surface area contributed by atoms with E-state index in [9.17, 15) is 9.00 Å². The lowest BCUT2D eigenvalue weighted by Gasteiger charge is -2.24. The second-order valence-corrected chi connectivity index (χ2v) is 7.48. The van der Waals surface area contributed by atoms with Gasteiger partial charge in [-0.3, -0.25) is 4.21 Å². The number of aromatic nitrogens is 1. The standard InChI is InChI=1S/C14H20N2O3S/c1-14(2,3)19-13(17)16-9-7-11(10-16)20(18)12-6-4-5-8-15-12/h4-6,8,11H,7,9-10H2,1-3H3/t11-,20-/m1/s1. The molecule has 1 aromatic rings. The first-order chi connectivity index (χ1) is 9.37. The molecule has 20 heavy (non-hydrogen) atoms. The number of carbonyl (C=O) groups excluding carboxylic acids is 1. The molecule has 1 saturated heterocycles. The Morgan fingerprint density at radius 1 is 1.45 bits per heavy atom. The molecule has 1 aliphatic heterocycles. The van der Waals surface area contributed by atoms with Crippen molar-refractivity contribution in [3.8, 4) is 0 Å². The van der Waals surface area contributed by atoms with E-state index in [1.54, 1.807) is 23.2 Å². The summed E-state index contributed by atoms with van der Waals surface area (Å²) in [5, 5.41) is 0.501. The van der Waals surface area contributed by atoms with Crippen molar-refractivity contribution < 1.29 is 13.7 Å². The molecule has 0 saturated carbocycles. The lowest BCUT2D eigenvalue weighted by Crippen LogP contribution is -2.36. The van der Waals surface area contributed by atoms with E-state index in [0.717, 1.165) is 0 Å². The average Bonchev–Trinajstić information content (AvgIpc) is 2.86. The molecule has 0 aromatic carbocycles. The molecule has 6 heteroatoms. The van der Waals surface area contributed by atoms with E-state index < -0.39 is 16.4 Å². The number of likely N-dealkylation sites (tertiary alicyclic amines) is 1. The zero-order valence-corrected chi connectivity index (χ0v) is 12.9. The van der Waals surface area contributed by atoms with Gasteiger partial charge in [-0.1, -0.05) is 6.07 Å². The van der Waals surface area contributed by atoms with E-state index in [-0.39, 0.29) is 11.3 Å². The molecule has 0 radical (unpaired) electrons. The van der Waals surface area contributed by atoms with Gasteiger partial charge in [0.15, 0.2) is 0 Å². The van der Waals surface area contributed by atoms with Gasteiger partial charge in [-0.05, 0) is 39.3 Å². The molecule has 1 fully saturated rings. The molecule has 1 amide bonds. The minimum absolute atomic E-state index is 0.0718. The van der Waals surface area contributed by atoms with E-state index in [1.807, 2.05) is 26.8 Å². The van der Waals surface area contributed by atoms with Crippen LogP contribution in [0.2, 0.25) is 0 Å². The van der Waals surface area contributed by atoms with Gasteiger partial charge in [0.2, 0.25) is 0 Å². The summed E-state index contributed by atoms with van der Waals surface area (Å²) in [7, 11) is -1.18. The van der Waals surface area contributed by atoms with Crippen LogP contribution in [-0.2, 0) is 15.5 Å². The maximum Gasteiger partial charge on any atom is 0.410 e. The van der Waals surface area contributed by atoms with Crippen LogP contribution >= 0.6 is 0 Å². The number of carbonyl (C=O) groups is 1. The van der Waals surface area contributed by atoms with E-state index in [2.05, 4.69) is 4.98 Å². The summed E-state index contributed by atoms with van der Waals surface area (Å²) >= 11 is 0. The quantitative estimate of drug-likeness (QED) is 0.839. The number of pyridine rings is 1. The van der Waals surface area contributed by atoms with E-state index in [4.69, 9.17) is 4.74 Å². The molecule has 0 spiro atoms. The number of ether oxygens (including phenoxy) is 1. The summed E-state index contributed by atoms with van der Waals surface area (Å²) in [5.41, 5.74) is -0.505. The summed E-state index contributed by atoms with van der Waals surface area (Å²) in [6, 6.07) is 5.37. The highest BCUT2D eigenvalue weighted by molar-refractivity contribution is 7.85. The summed E-state index contributed by atoms with van der Waals surface area (Å²) in [5.74, 6) is 0. The SMILES string of the molecule is CC(C)(C)OC(=O)N1CC[C@@H]([S@@](=O)c2ccccn2)C1. The van der Waals surface area contributed by atoms with Crippen molar-refractivity contribution in [1.29, 1.82) is 0 Å². The normalized spacial score (nSPS) is 20.8. The van der Waals surface area contributed by atoms with Crippen LogP contribution in [0.3, 0.4) is 0 Å². The lowest BCUT2D eigenvalue weighted by molar-refractivity contribution is 0.0295. The lowest BCUT2D eigenvalue weighted by atomic mass is 10.2. The zero-order chi connectivity index (χ0) is 14.8. The van der Waals surface area contributed by atoms with Crippen LogP contribution in [-0.4, -0.2) is 44.1 Å². The summed E-state index contributed by atoms with van der Waals surface area (Å²) < 4.78 is 17.7. The number of hydrogen-bond acceptors (Lipinski definition) is 4. The first-order valence-corrected chi connectivity index (χ1v) is 7.87. The van der Waals surface area contributed by atoms with Crippen LogP contribution < -0.4 is 0 Å². The van der Waals surface area contributed by atoms with Crippen molar-refractivity contribution in [3.63, 3.8) is 0 Å². The van der Waals surface area contributed by atoms with E-state index in [0.29, 0.717) is 24.5 Å². The van der Waals surface area contributed by atoms with Crippen LogP contribution in [0.15, 0.2) is 29.4 Å². The van der Waals surface area contributed by atoms with Gasteiger partial charge in [-0.15, -0.1) is 0 Å². The third-order valence-electron chi connectivity index (χ3n) is 2.94. The predicted molar refractivity (Wildman–Crippen MR) is 76.9 cm³/mol. The molecule has 1 aromatic heterocycles. The van der Waals surface area contributed by atoms with Gasteiger partial charge >= 0.3 is 6.09 Å². The third kappa shape index (κ3) is 3.79. The second kappa shape index (κ2) is 5.91. The zero-order valence-electron chi connectivity index (χ0n) is 12.0. The highest BCUT2D eigenvalue weighted by Crippen LogP contribution is 2.21. The number of hydrogen-bond donors (Lipinski definition) is 0. The molecule has 110 valence electrons. The fourth-order valence-corrected chi connectivity index (χ4v) is 3.39. The number of rotatable bonds is 2. The molecule has 2 atom stereocenters. The van der Waals surface area contributed by atoms with Crippen LogP contribution in [0.4, 0.5) is 4.79 Å². The fourth-order valence-electron chi connectivity index (χ4n) is 2.03. The molecule has 0 bridgehead atoms. The van der Waals surface area contributed by atoms with Gasteiger partial charge in [0.25, 0.3) is 0 Å². The Hall–Kier alpha value is -1.43. The van der Waals surface area contributed by atoms with Crippen molar-refractivity contribution in [3.05, 3.63) is 24.4 Å². The van der Waals surface area contributed by atoms with Gasteiger partial charge in [-0.25, -0.2) is 9.78 Å². The minimum atomic E-state index is -1.18. The number of amides is 1. The van der Waals surface area contributed by atoms with E-state index >= 15 is 0 Å². The summed E-state index contributed by atoms with van der Waals surface area (Å²) in [4.78, 5) is 17.7. The Labute approximate surface area is 121 Å². The van der Waals surface area contributed by atoms with Crippen molar-refractivity contribution in [2.75, 3.05) is 13.1 Å². The molecule has 2 rings (SSSR count). The summed E-state index contributed by atoms with van der Waals surface area (Å²) in [6.45, 7) is 6.55. The fraction of sp³-hybridized carbons (Fsp3) is 0.571. The molecule has 5 nitrogen and oxygen atoms in total. The van der Waals surface area contributed by atoms with Crippen LogP contribution in [0.5, 0.6) is 0 Å². The van der Waals surface area contributed by atoms with Gasteiger partial charge in [-0.2, -0.15) is 0 Å². The Bertz CT molecular complexity index is 499. The summed E-state index contributed by atoms with van der Waals surface area (Å²) in [6.07, 6.45) is 2.01. The highest BCUT2D eigenvalue weighted by atomic mass is 32.2. The van der Waals surface area contributed by atoms with Crippen molar-refractivity contribution in [2.45, 2.75) is 43.1 Å².